The summed E-state index contributed by atoms with van der Waals surface area (Å²) in [5.41, 5.74) is 2.25. The molecule has 1 heterocycles. The summed E-state index contributed by atoms with van der Waals surface area (Å²) in [6.45, 7) is 5.74. The van der Waals surface area contributed by atoms with E-state index in [1.165, 1.54) is 11.8 Å². The SMILES string of the molecule is CCN(Cc1ccc(N(C)C)cc1)C(=O)CSCC(=O)N1CCOCC1. The lowest BCUT2D eigenvalue weighted by Crippen LogP contribution is -2.41. The number of ether oxygens (including phenoxy) is 1. The van der Waals surface area contributed by atoms with Gasteiger partial charge in [-0.3, -0.25) is 9.59 Å². The first-order valence-corrected chi connectivity index (χ1v) is 10.1. The van der Waals surface area contributed by atoms with Gasteiger partial charge in [0.2, 0.25) is 11.8 Å². The topological polar surface area (TPSA) is 53.1 Å². The van der Waals surface area contributed by atoms with Gasteiger partial charge in [0.1, 0.15) is 0 Å². The fraction of sp³-hybridized carbons (Fsp3) is 0.579. The van der Waals surface area contributed by atoms with Crippen molar-refractivity contribution in [1.82, 2.24) is 9.80 Å². The van der Waals surface area contributed by atoms with Crippen molar-refractivity contribution in [3.8, 4) is 0 Å². The Morgan fingerprint density at radius 1 is 1.12 bits per heavy atom. The molecular formula is C19H29N3O3S. The number of rotatable bonds is 8. The van der Waals surface area contributed by atoms with Crippen molar-refractivity contribution in [2.75, 3.05) is 63.3 Å². The minimum Gasteiger partial charge on any atom is -0.378 e. The van der Waals surface area contributed by atoms with Crippen LogP contribution in [0.2, 0.25) is 0 Å². The van der Waals surface area contributed by atoms with Gasteiger partial charge in [0, 0.05) is 46.0 Å². The lowest BCUT2D eigenvalue weighted by atomic mass is 10.2. The maximum Gasteiger partial charge on any atom is 0.232 e. The Morgan fingerprint density at radius 2 is 1.77 bits per heavy atom. The fourth-order valence-corrected chi connectivity index (χ4v) is 3.53. The van der Waals surface area contributed by atoms with Crippen molar-refractivity contribution < 1.29 is 14.3 Å². The van der Waals surface area contributed by atoms with E-state index in [1.807, 2.05) is 30.8 Å². The number of anilines is 1. The van der Waals surface area contributed by atoms with Gasteiger partial charge in [0.15, 0.2) is 0 Å². The molecule has 0 radical (unpaired) electrons. The molecule has 1 fully saturated rings. The predicted molar refractivity (Wildman–Crippen MR) is 107 cm³/mol. The number of carbonyl (C=O) groups is 2. The second kappa shape index (κ2) is 10.4. The molecule has 2 rings (SSSR count). The number of amides is 2. The zero-order valence-electron chi connectivity index (χ0n) is 15.9. The summed E-state index contributed by atoms with van der Waals surface area (Å²) in [6.07, 6.45) is 0. The molecule has 0 spiro atoms. The molecule has 0 atom stereocenters. The normalized spacial score (nSPS) is 14.2. The average Bonchev–Trinajstić information content (AvgIpc) is 2.66. The summed E-state index contributed by atoms with van der Waals surface area (Å²) in [7, 11) is 4.01. The number of nitrogens with zero attached hydrogens (tertiary/aromatic N) is 3. The summed E-state index contributed by atoms with van der Waals surface area (Å²) >= 11 is 1.39. The molecule has 1 saturated heterocycles. The van der Waals surface area contributed by atoms with Gasteiger partial charge in [-0.2, -0.15) is 0 Å². The number of benzene rings is 1. The van der Waals surface area contributed by atoms with Crippen LogP contribution in [0.1, 0.15) is 12.5 Å². The average molecular weight is 380 g/mol. The van der Waals surface area contributed by atoms with Crippen LogP contribution in [0.5, 0.6) is 0 Å². The minimum atomic E-state index is 0.0731. The molecule has 0 saturated carbocycles. The van der Waals surface area contributed by atoms with Gasteiger partial charge in [-0.05, 0) is 24.6 Å². The highest BCUT2D eigenvalue weighted by molar-refractivity contribution is 8.00. The van der Waals surface area contributed by atoms with Crippen molar-refractivity contribution in [1.29, 1.82) is 0 Å². The van der Waals surface area contributed by atoms with Crippen LogP contribution in [-0.4, -0.2) is 80.1 Å². The first-order valence-electron chi connectivity index (χ1n) is 8.98. The van der Waals surface area contributed by atoms with Gasteiger partial charge < -0.3 is 19.4 Å². The van der Waals surface area contributed by atoms with Crippen LogP contribution in [0.4, 0.5) is 5.69 Å². The van der Waals surface area contributed by atoms with Gasteiger partial charge in [-0.25, -0.2) is 0 Å². The summed E-state index contributed by atoms with van der Waals surface area (Å²) in [5.74, 6) is 0.845. The highest BCUT2D eigenvalue weighted by Gasteiger charge is 2.18. The van der Waals surface area contributed by atoms with Crippen molar-refractivity contribution in [3.63, 3.8) is 0 Å². The van der Waals surface area contributed by atoms with Crippen molar-refractivity contribution in [3.05, 3.63) is 29.8 Å². The third-order valence-electron chi connectivity index (χ3n) is 4.38. The molecular weight excluding hydrogens is 350 g/mol. The number of morpholine rings is 1. The van der Waals surface area contributed by atoms with Gasteiger partial charge in [0.25, 0.3) is 0 Å². The second-order valence-electron chi connectivity index (χ2n) is 6.45. The molecule has 1 aliphatic rings. The second-order valence-corrected chi connectivity index (χ2v) is 7.44. The maximum atomic E-state index is 12.5. The van der Waals surface area contributed by atoms with Crippen molar-refractivity contribution in [2.45, 2.75) is 13.5 Å². The number of thioether (sulfide) groups is 1. The van der Waals surface area contributed by atoms with Gasteiger partial charge >= 0.3 is 0 Å². The first-order chi connectivity index (χ1) is 12.5. The van der Waals surface area contributed by atoms with Crippen LogP contribution in [0.25, 0.3) is 0 Å². The number of hydrogen-bond acceptors (Lipinski definition) is 5. The van der Waals surface area contributed by atoms with Crippen LogP contribution in [0.3, 0.4) is 0 Å². The Balaban J connectivity index is 1.77. The molecule has 26 heavy (non-hydrogen) atoms. The third kappa shape index (κ3) is 6.21. The minimum absolute atomic E-state index is 0.0731. The van der Waals surface area contributed by atoms with Crippen LogP contribution in [-0.2, 0) is 20.9 Å². The first kappa shape index (κ1) is 20.6. The van der Waals surface area contributed by atoms with Gasteiger partial charge in [-0.15, -0.1) is 11.8 Å². The molecule has 1 aromatic rings. The molecule has 6 nitrogen and oxygen atoms in total. The van der Waals surface area contributed by atoms with E-state index in [9.17, 15) is 9.59 Å². The molecule has 0 aliphatic carbocycles. The van der Waals surface area contributed by atoms with E-state index in [-0.39, 0.29) is 11.8 Å². The van der Waals surface area contributed by atoms with Crippen LogP contribution in [0.15, 0.2) is 24.3 Å². The molecule has 0 N–H and O–H groups in total. The van der Waals surface area contributed by atoms with E-state index < -0.39 is 0 Å². The Labute approximate surface area is 160 Å². The highest BCUT2D eigenvalue weighted by Crippen LogP contribution is 2.15. The predicted octanol–water partition coefficient (Wildman–Crippen LogP) is 1.69. The molecule has 0 unspecified atom stereocenters. The maximum absolute atomic E-state index is 12.5. The van der Waals surface area contributed by atoms with Crippen LogP contribution < -0.4 is 4.90 Å². The fourth-order valence-electron chi connectivity index (χ4n) is 2.72. The van der Waals surface area contributed by atoms with E-state index >= 15 is 0 Å². The summed E-state index contributed by atoms with van der Waals surface area (Å²) in [4.78, 5) is 30.3. The summed E-state index contributed by atoms with van der Waals surface area (Å²) < 4.78 is 5.25. The molecule has 144 valence electrons. The van der Waals surface area contributed by atoms with E-state index in [4.69, 9.17) is 4.74 Å². The summed E-state index contributed by atoms with van der Waals surface area (Å²) in [6, 6.07) is 8.23. The van der Waals surface area contributed by atoms with Crippen LogP contribution in [0, 0.1) is 0 Å². The van der Waals surface area contributed by atoms with E-state index in [0.717, 1.165) is 11.3 Å². The van der Waals surface area contributed by atoms with E-state index in [0.29, 0.717) is 50.9 Å². The Kier molecular flexibility index (Phi) is 8.25. The Morgan fingerprint density at radius 3 is 2.35 bits per heavy atom. The van der Waals surface area contributed by atoms with E-state index in [1.54, 1.807) is 0 Å². The lowest BCUT2D eigenvalue weighted by Gasteiger charge is -2.27. The van der Waals surface area contributed by atoms with Crippen molar-refractivity contribution >= 4 is 29.3 Å². The monoisotopic (exact) mass is 379 g/mol. The van der Waals surface area contributed by atoms with Gasteiger partial charge in [-0.1, -0.05) is 12.1 Å². The van der Waals surface area contributed by atoms with Crippen molar-refractivity contribution in [2.24, 2.45) is 0 Å². The van der Waals surface area contributed by atoms with E-state index in [2.05, 4.69) is 29.2 Å². The third-order valence-corrected chi connectivity index (χ3v) is 5.28. The summed E-state index contributed by atoms with van der Waals surface area (Å²) in [5, 5.41) is 0. The van der Waals surface area contributed by atoms with Crippen LogP contribution >= 0.6 is 11.8 Å². The zero-order chi connectivity index (χ0) is 18.9. The quantitative estimate of drug-likeness (QED) is 0.688. The lowest BCUT2D eigenvalue weighted by molar-refractivity contribution is -0.132. The molecule has 0 bridgehead atoms. The standard InChI is InChI=1S/C19H29N3O3S/c1-4-21(13-16-5-7-17(8-6-16)20(2)3)18(23)14-26-15-19(24)22-9-11-25-12-10-22/h5-8H,4,9-15H2,1-3H3. The number of hydrogen-bond donors (Lipinski definition) is 0. The molecule has 1 aliphatic heterocycles. The Bertz CT molecular complexity index is 586. The highest BCUT2D eigenvalue weighted by atomic mass is 32.2. The molecule has 7 heteroatoms. The Hall–Kier alpha value is -1.73. The van der Waals surface area contributed by atoms with Gasteiger partial charge in [0.05, 0.1) is 24.7 Å². The zero-order valence-corrected chi connectivity index (χ0v) is 16.8. The smallest absolute Gasteiger partial charge is 0.232 e. The molecule has 1 aromatic carbocycles. The molecule has 0 aromatic heterocycles. The largest absolute Gasteiger partial charge is 0.378 e. The molecule has 2 amide bonds. The number of carbonyl (C=O) groups excluding carboxylic acids is 2.